The molecule has 0 aromatic heterocycles. The van der Waals surface area contributed by atoms with E-state index in [9.17, 15) is 0 Å². The first-order valence-corrected chi connectivity index (χ1v) is 5.17. The van der Waals surface area contributed by atoms with Gasteiger partial charge in [0.15, 0.2) is 0 Å². The fourth-order valence-corrected chi connectivity index (χ4v) is 1.12. The van der Waals surface area contributed by atoms with Gasteiger partial charge < -0.3 is 4.90 Å². The molecule has 15 heavy (non-hydrogen) atoms. The van der Waals surface area contributed by atoms with Gasteiger partial charge in [0.1, 0.15) is 0 Å². The van der Waals surface area contributed by atoms with Crippen LogP contribution < -0.4 is 0 Å². The van der Waals surface area contributed by atoms with Crippen LogP contribution in [0.25, 0.3) is 0 Å². The lowest BCUT2D eigenvalue weighted by atomic mass is 10.1. The molecule has 0 bridgehead atoms. The highest BCUT2D eigenvalue weighted by atomic mass is 15.1. The molecule has 0 heterocycles. The molecule has 0 rings (SSSR count). The van der Waals surface area contributed by atoms with Gasteiger partial charge in [-0.3, -0.25) is 0 Å². The maximum absolute atomic E-state index is 5.44. The fourth-order valence-electron chi connectivity index (χ4n) is 1.12. The van der Waals surface area contributed by atoms with E-state index in [0.29, 0.717) is 5.92 Å². The lowest BCUT2D eigenvalue weighted by Crippen LogP contribution is -2.14. The number of terminal acetylenes is 1. The third-order valence-corrected chi connectivity index (χ3v) is 1.75. The van der Waals surface area contributed by atoms with Crippen LogP contribution in [0.2, 0.25) is 0 Å². The Bertz CT molecular complexity index is 300. The highest BCUT2D eigenvalue weighted by molar-refractivity contribution is 5.27. The van der Waals surface area contributed by atoms with Crippen molar-refractivity contribution in [3.8, 4) is 12.3 Å². The Balaban J connectivity index is 4.33. The molecule has 0 spiro atoms. The molecular formula is C14H21N. The predicted octanol–water partition coefficient (Wildman–Crippen LogP) is 3.22. The van der Waals surface area contributed by atoms with Crippen molar-refractivity contribution in [1.29, 1.82) is 0 Å². The van der Waals surface area contributed by atoms with Crippen molar-refractivity contribution < 1.29 is 0 Å². The van der Waals surface area contributed by atoms with Crippen LogP contribution in [0.1, 0.15) is 20.8 Å². The molecule has 0 saturated heterocycles. The van der Waals surface area contributed by atoms with E-state index in [-0.39, 0.29) is 0 Å². The molecule has 0 saturated carbocycles. The van der Waals surface area contributed by atoms with E-state index >= 15 is 0 Å². The minimum atomic E-state index is 0.495. The summed E-state index contributed by atoms with van der Waals surface area (Å²) in [6, 6.07) is 0. The summed E-state index contributed by atoms with van der Waals surface area (Å²) in [5.41, 5.74) is 2.07. The number of rotatable bonds is 5. The van der Waals surface area contributed by atoms with E-state index in [1.165, 1.54) is 0 Å². The van der Waals surface area contributed by atoms with E-state index in [1.54, 1.807) is 0 Å². The second-order valence-electron chi connectivity index (χ2n) is 4.16. The van der Waals surface area contributed by atoms with Gasteiger partial charge in [-0.1, -0.05) is 38.0 Å². The quantitative estimate of drug-likeness (QED) is 0.490. The molecule has 0 aliphatic rings. The third kappa shape index (κ3) is 7.64. The van der Waals surface area contributed by atoms with Gasteiger partial charge in [-0.15, -0.1) is 6.42 Å². The lowest BCUT2D eigenvalue weighted by molar-refractivity contribution is 0.500. The minimum absolute atomic E-state index is 0.495. The molecule has 1 nitrogen and oxygen atoms in total. The fraction of sp³-hybridized carbons (Fsp3) is 0.429. The summed E-state index contributed by atoms with van der Waals surface area (Å²) >= 11 is 0. The molecule has 0 aliphatic heterocycles. The normalized spacial score (nSPS) is 11.9. The average molecular weight is 203 g/mol. The molecule has 0 fully saturated rings. The maximum atomic E-state index is 5.44. The Morgan fingerprint density at radius 3 is 2.53 bits per heavy atom. The summed E-state index contributed by atoms with van der Waals surface area (Å²) in [6.07, 6.45) is 11.5. The van der Waals surface area contributed by atoms with Crippen LogP contribution in [0.5, 0.6) is 0 Å². The Morgan fingerprint density at radius 1 is 1.53 bits per heavy atom. The zero-order valence-electron chi connectivity index (χ0n) is 10.2. The van der Waals surface area contributed by atoms with Gasteiger partial charge in [0.25, 0.3) is 0 Å². The summed E-state index contributed by atoms with van der Waals surface area (Å²) in [5.74, 6) is 3.21. The highest BCUT2D eigenvalue weighted by Crippen LogP contribution is 2.04. The molecule has 0 aliphatic carbocycles. The number of hydrogen-bond donors (Lipinski definition) is 0. The Hall–Kier alpha value is -1.42. The predicted molar refractivity (Wildman–Crippen MR) is 68.3 cm³/mol. The van der Waals surface area contributed by atoms with Crippen molar-refractivity contribution in [3.63, 3.8) is 0 Å². The second-order valence-corrected chi connectivity index (χ2v) is 4.16. The van der Waals surface area contributed by atoms with E-state index in [1.807, 2.05) is 26.2 Å². The third-order valence-electron chi connectivity index (χ3n) is 1.75. The van der Waals surface area contributed by atoms with Gasteiger partial charge in [0.05, 0.1) is 0 Å². The van der Waals surface area contributed by atoms with E-state index in [0.717, 1.165) is 17.7 Å². The maximum Gasteiger partial charge on any atom is 0.0496 e. The van der Waals surface area contributed by atoms with E-state index in [4.69, 9.17) is 6.42 Å². The smallest absolute Gasteiger partial charge is 0.0496 e. The van der Waals surface area contributed by atoms with Crippen molar-refractivity contribution in [2.75, 3.05) is 13.6 Å². The molecule has 0 aromatic carbocycles. The topological polar surface area (TPSA) is 3.24 Å². The van der Waals surface area contributed by atoms with Gasteiger partial charge in [-0.2, -0.15) is 0 Å². The first-order valence-electron chi connectivity index (χ1n) is 5.17. The van der Waals surface area contributed by atoms with Crippen LogP contribution in [0.4, 0.5) is 0 Å². The Kier molecular flexibility index (Phi) is 6.29. The molecule has 1 heteroatoms. The Labute approximate surface area is 94.2 Å². The van der Waals surface area contributed by atoms with Gasteiger partial charge >= 0.3 is 0 Å². The number of allylic oxidation sites excluding steroid dienone is 3. The van der Waals surface area contributed by atoms with Crippen LogP contribution in [0.15, 0.2) is 36.1 Å². The summed E-state index contributed by atoms with van der Waals surface area (Å²) in [7, 11) is 2.00. The van der Waals surface area contributed by atoms with Crippen molar-refractivity contribution >= 4 is 0 Å². The largest absolute Gasteiger partial charge is 0.375 e. The van der Waals surface area contributed by atoms with Gasteiger partial charge in [0, 0.05) is 19.2 Å². The first kappa shape index (κ1) is 13.6. The molecular weight excluding hydrogens is 182 g/mol. The molecule has 0 aromatic rings. The van der Waals surface area contributed by atoms with Crippen LogP contribution in [0.3, 0.4) is 0 Å². The van der Waals surface area contributed by atoms with E-state index in [2.05, 4.69) is 37.3 Å². The number of nitrogens with zero attached hydrogens (tertiary/aromatic N) is 1. The van der Waals surface area contributed by atoms with Gasteiger partial charge in [-0.25, -0.2) is 0 Å². The first-order chi connectivity index (χ1) is 6.95. The van der Waals surface area contributed by atoms with Crippen molar-refractivity contribution in [2.45, 2.75) is 20.8 Å². The van der Waals surface area contributed by atoms with Crippen molar-refractivity contribution in [3.05, 3.63) is 36.1 Å². The van der Waals surface area contributed by atoms with Gasteiger partial charge in [-0.05, 0) is 25.1 Å². The van der Waals surface area contributed by atoms with Crippen molar-refractivity contribution in [1.82, 2.24) is 4.90 Å². The summed E-state index contributed by atoms with van der Waals surface area (Å²) in [4.78, 5) is 2.06. The van der Waals surface area contributed by atoms with Crippen molar-refractivity contribution in [2.24, 2.45) is 5.92 Å². The molecule has 82 valence electrons. The monoisotopic (exact) mass is 203 g/mol. The SMILES string of the molecule is C#C/C(=C/C(C)C)CN(C)/C=C\C(=C)C. The molecule has 0 atom stereocenters. The summed E-state index contributed by atoms with van der Waals surface area (Å²) in [5, 5.41) is 0. The molecule has 0 radical (unpaired) electrons. The number of likely N-dealkylation sites (N-methyl/N-ethyl adjacent to an activating group) is 1. The zero-order valence-corrected chi connectivity index (χ0v) is 10.2. The molecule has 0 N–H and O–H groups in total. The minimum Gasteiger partial charge on any atom is -0.375 e. The van der Waals surface area contributed by atoms with Crippen LogP contribution in [0, 0.1) is 18.3 Å². The van der Waals surface area contributed by atoms with Crippen LogP contribution in [-0.2, 0) is 0 Å². The van der Waals surface area contributed by atoms with Crippen LogP contribution in [-0.4, -0.2) is 18.5 Å². The highest BCUT2D eigenvalue weighted by Gasteiger charge is 1.97. The summed E-state index contributed by atoms with van der Waals surface area (Å²) < 4.78 is 0. The second kappa shape index (κ2) is 6.95. The molecule has 0 unspecified atom stereocenters. The average Bonchev–Trinajstić information content (AvgIpc) is 2.13. The lowest BCUT2D eigenvalue weighted by Gasteiger charge is -2.14. The van der Waals surface area contributed by atoms with Gasteiger partial charge in [0.2, 0.25) is 0 Å². The molecule has 0 amide bonds. The number of hydrogen-bond acceptors (Lipinski definition) is 1. The summed E-state index contributed by atoms with van der Waals surface area (Å²) in [6.45, 7) is 10.8. The zero-order chi connectivity index (χ0) is 11.8. The Morgan fingerprint density at radius 2 is 2.13 bits per heavy atom. The van der Waals surface area contributed by atoms with Crippen LogP contribution >= 0.6 is 0 Å². The standard InChI is InChI=1S/C14H21N/c1-7-14(10-13(4)5)11-15(6)9-8-12(2)3/h1,8-10,13H,2,11H2,3-6H3/b9-8-,14-10-. The van der Waals surface area contributed by atoms with E-state index < -0.39 is 0 Å².